The SMILES string of the molecule is CCc1cc(Br)ccc1-n1cncc1C1CCCN1. The molecule has 0 aliphatic carbocycles. The molecule has 1 aliphatic heterocycles. The van der Waals surface area contributed by atoms with Crippen molar-refractivity contribution in [3.8, 4) is 5.69 Å². The molecule has 2 aromatic rings. The smallest absolute Gasteiger partial charge is 0.0994 e. The summed E-state index contributed by atoms with van der Waals surface area (Å²) < 4.78 is 3.36. The number of imidazole rings is 1. The third-order valence-electron chi connectivity index (χ3n) is 3.77. The van der Waals surface area contributed by atoms with Gasteiger partial charge in [0, 0.05) is 10.5 Å². The Morgan fingerprint density at radius 1 is 1.47 bits per heavy atom. The lowest BCUT2D eigenvalue weighted by Gasteiger charge is -2.16. The predicted octanol–water partition coefficient (Wildman–Crippen LogP) is 3.62. The van der Waals surface area contributed by atoms with Crippen LogP contribution in [0.1, 0.15) is 37.1 Å². The number of halogens is 1. The van der Waals surface area contributed by atoms with Crippen molar-refractivity contribution in [1.82, 2.24) is 14.9 Å². The van der Waals surface area contributed by atoms with E-state index >= 15 is 0 Å². The second kappa shape index (κ2) is 5.47. The van der Waals surface area contributed by atoms with Gasteiger partial charge in [0.15, 0.2) is 0 Å². The summed E-state index contributed by atoms with van der Waals surface area (Å²) >= 11 is 3.55. The molecular formula is C15H18BrN3. The van der Waals surface area contributed by atoms with E-state index in [1.807, 2.05) is 12.5 Å². The molecule has 19 heavy (non-hydrogen) atoms. The first-order valence-corrected chi connectivity index (χ1v) is 7.63. The first kappa shape index (κ1) is 12.9. The number of nitrogens with zero attached hydrogens (tertiary/aromatic N) is 2. The number of rotatable bonds is 3. The Morgan fingerprint density at radius 3 is 3.11 bits per heavy atom. The molecule has 0 saturated carbocycles. The van der Waals surface area contributed by atoms with Crippen LogP contribution in [0.5, 0.6) is 0 Å². The summed E-state index contributed by atoms with van der Waals surface area (Å²) in [6.07, 6.45) is 7.38. The summed E-state index contributed by atoms with van der Waals surface area (Å²) in [5, 5.41) is 3.55. The lowest BCUT2D eigenvalue weighted by molar-refractivity contribution is 0.614. The molecule has 3 rings (SSSR count). The van der Waals surface area contributed by atoms with E-state index in [4.69, 9.17) is 0 Å². The molecule has 0 bridgehead atoms. The summed E-state index contributed by atoms with van der Waals surface area (Å²) in [4.78, 5) is 4.35. The standard InChI is InChI=1S/C15H18BrN3/c1-2-11-8-12(16)5-6-14(11)19-10-17-9-15(19)13-4-3-7-18-13/h5-6,8-10,13,18H,2-4,7H2,1H3. The second-order valence-electron chi connectivity index (χ2n) is 4.96. The van der Waals surface area contributed by atoms with Crippen LogP contribution >= 0.6 is 15.9 Å². The molecule has 1 unspecified atom stereocenters. The molecule has 1 saturated heterocycles. The average molecular weight is 320 g/mol. The number of aromatic nitrogens is 2. The fraction of sp³-hybridized carbons (Fsp3) is 0.400. The zero-order chi connectivity index (χ0) is 13.2. The van der Waals surface area contributed by atoms with Gasteiger partial charge in [-0.1, -0.05) is 22.9 Å². The minimum atomic E-state index is 0.441. The van der Waals surface area contributed by atoms with Crippen LogP contribution in [0.2, 0.25) is 0 Å². The second-order valence-corrected chi connectivity index (χ2v) is 5.88. The first-order chi connectivity index (χ1) is 9.29. The monoisotopic (exact) mass is 319 g/mol. The van der Waals surface area contributed by atoms with Gasteiger partial charge in [0.1, 0.15) is 0 Å². The summed E-state index contributed by atoms with van der Waals surface area (Å²) in [6.45, 7) is 3.30. The van der Waals surface area contributed by atoms with Gasteiger partial charge < -0.3 is 9.88 Å². The Bertz CT molecular complexity index is 571. The zero-order valence-electron chi connectivity index (χ0n) is 11.1. The molecule has 1 aromatic carbocycles. The highest BCUT2D eigenvalue weighted by atomic mass is 79.9. The topological polar surface area (TPSA) is 29.9 Å². The van der Waals surface area contributed by atoms with Crippen LogP contribution in [0.4, 0.5) is 0 Å². The van der Waals surface area contributed by atoms with Crippen molar-refractivity contribution in [3.63, 3.8) is 0 Å². The molecule has 1 aromatic heterocycles. The molecule has 0 amide bonds. The molecule has 1 N–H and O–H groups in total. The molecule has 1 atom stereocenters. The summed E-state index contributed by atoms with van der Waals surface area (Å²) in [7, 11) is 0. The van der Waals surface area contributed by atoms with Crippen molar-refractivity contribution in [3.05, 3.63) is 46.5 Å². The van der Waals surface area contributed by atoms with Crippen molar-refractivity contribution in [2.75, 3.05) is 6.54 Å². The van der Waals surface area contributed by atoms with Gasteiger partial charge in [0.2, 0.25) is 0 Å². The maximum atomic E-state index is 4.35. The van der Waals surface area contributed by atoms with E-state index in [-0.39, 0.29) is 0 Å². The van der Waals surface area contributed by atoms with Gasteiger partial charge in [-0.2, -0.15) is 0 Å². The Kier molecular flexibility index (Phi) is 3.71. The van der Waals surface area contributed by atoms with Gasteiger partial charge >= 0.3 is 0 Å². The normalized spacial score (nSPS) is 18.9. The third-order valence-corrected chi connectivity index (χ3v) is 4.26. The molecular weight excluding hydrogens is 302 g/mol. The number of hydrogen-bond donors (Lipinski definition) is 1. The molecule has 1 fully saturated rings. The highest BCUT2D eigenvalue weighted by Crippen LogP contribution is 2.27. The molecule has 2 heterocycles. The van der Waals surface area contributed by atoms with Gasteiger partial charge in [0.25, 0.3) is 0 Å². The average Bonchev–Trinajstić information content (AvgIpc) is 3.08. The Balaban J connectivity index is 2.04. The Morgan fingerprint density at radius 2 is 2.37 bits per heavy atom. The third kappa shape index (κ3) is 2.47. The summed E-state index contributed by atoms with van der Waals surface area (Å²) in [5.41, 5.74) is 3.85. The maximum absolute atomic E-state index is 4.35. The predicted molar refractivity (Wildman–Crippen MR) is 80.6 cm³/mol. The van der Waals surface area contributed by atoms with Crippen molar-refractivity contribution in [1.29, 1.82) is 0 Å². The Hall–Kier alpha value is -1.13. The van der Waals surface area contributed by atoms with E-state index < -0.39 is 0 Å². The van der Waals surface area contributed by atoms with Crippen LogP contribution in [0, 0.1) is 0 Å². The van der Waals surface area contributed by atoms with E-state index in [1.165, 1.54) is 29.8 Å². The van der Waals surface area contributed by atoms with Crippen molar-refractivity contribution in [2.45, 2.75) is 32.2 Å². The molecule has 3 nitrogen and oxygen atoms in total. The zero-order valence-corrected chi connectivity index (χ0v) is 12.7. The van der Waals surface area contributed by atoms with Crippen LogP contribution in [0.3, 0.4) is 0 Å². The molecule has 0 radical (unpaired) electrons. The number of hydrogen-bond acceptors (Lipinski definition) is 2. The van der Waals surface area contributed by atoms with Crippen LogP contribution < -0.4 is 5.32 Å². The molecule has 4 heteroatoms. The first-order valence-electron chi connectivity index (χ1n) is 6.84. The van der Waals surface area contributed by atoms with Crippen molar-refractivity contribution in [2.24, 2.45) is 0 Å². The van der Waals surface area contributed by atoms with Crippen LogP contribution in [0.25, 0.3) is 5.69 Å². The van der Waals surface area contributed by atoms with E-state index in [0.717, 1.165) is 17.4 Å². The van der Waals surface area contributed by atoms with Gasteiger partial charge in [-0.05, 0) is 49.6 Å². The largest absolute Gasteiger partial charge is 0.309 e. The molecule has 100 valence electrons. The minimum Gasteiger partial charge on any atom is -0.309 e. The summed E-state index contributed by atoms with van der Waals surface area (Å²) in [5.74, 6) is 0. The summed E-state index contributed by atoms with van der Waals surface area (Å²) in [6, 6.07) is 6.90. The van der Waals surface area contributed by atoms with Gasteiger partial charge in [-0.15, -0.1) is 0 Å². The molecule has 1 aliphatic rings. The van der Waals surface area contributed by atoms with Crippen LogP contribution in [-0.2, 0) is 6.42 Å². The maximum Gasteiger partial charge on any atom is 0.0994 e. The van der Waals surface area contributed by atoms with E-state index in [1.54, 1.807) is 0 Å². The Labute approximate surface area is 122 Å². The number of benzene rings is 1. The van der Waals surface area contributed by atoms with Gasteiger partial charge in [-0.3, -0.25) is 0 Å². The van der Waals surface area contributed by atoms with E-state index in [2.05, 4.69) is 55.9 Å². The van der Waals surface area contributed by atoms with Gasteiger partial charge in [0.05, 0.1) is 23.9 Å². The van der Waals surface area contributed by atoms with Gasteiger partial charge in [-0.25, -0.2) is 4.98 Å². The number of aryl methyl sites for hydroxylation is 1. The lowest BCUT2D eigenvalue weighted by atomic mass is 10.1. The minimum absolute atomic E-state index is 0.441. The van der Waals surface area contributed by atoms with Crippen molar-refractivity contribution >= 4 is 15.9 Å². The van der Waals surface area contributed by atoms with Crippen LogP contribution in [-0.4, -0.2) is 16.1 Å². The molecule has 0 spiro atoms. The van der Waals surface area contributed by atoms with Crippen molar-refractivity contribution < 1.29 is 0 Å². The highest BCUT2D eigenvalue weighted by Gasteiger charge is 2.20. The fourth-order valence-electron chi connectivity index (χ4n) is 2.77. The number of nitrogens with one attached hydrogen (secondary N) is 1. The highest BCUT2D eigenvalue weighted by molar-refractivity contribution is 9.10. The van der Waals surface area contributed by atoms with E-state index in [9.17, 15) is 0 Å². The quantitative estimate of drug-likeness (QED) is 0.936. The lowest BCUT2D eigenvalue weighted by Crippen LogP contribution is -2.16. The van der Waals surface area contributed by atoms with Crippen LogP contribution in [0.15, 0.2) is 35.2 Å². The fourth-order valence-corrected chi connectivity index (χ4v) is 3.18. The van der Waals surface area contributed by atoms with E-state index in [0.29, 0.717) is 6.04 Å².